The van der Waals surface area contributed by atoms with E-state index in [4.69, 9.17) is 18.9 Å². The minimum atomic E-state index is -1.55. The van der Waals surface area contributed by atoms with Gasteiger partial charge >= 0.3 is 0 Å². The highest BCUT2D eigenvalue weighted by Gasteiger charge is 2.43. The Bertz CT molecular complexity index is 1220. The molecule has 2 aromatic carbocycles. The average Bonchev–Trinajstić information content (AvgIpc) is 2.97. The molecule has 2 fully saturated rings. The van der Waals surface area contributed by atoms with E-state index < -0.39 is 74.3 Å². The van der Waals surface area contributed by atoms with Gasteiger partial charge in [0.2, 0.25) is 0 Å². The summed E-state index contributed by atoms with van der Waals surface area (Å²) in [4.78, 5) is 0. The van der Waals surface area contributed by atoms with Crippen LogP contribution >= 0.6 is 0 Å². The summed E-state index contributed by atoms with van der Waals surface area (Å²) in [6.45, 7) is -1.13. The second kappa shape index (κ2) is 12.7. The highest BCUT2D eigenvalue weighted by atomic mass is 16.6. The van der Waals surface area contributed by atoms with E-state index in [1.165, 1.54) is 14.2 Å². The van der Waals surface area contributed by atoms with Crippen LogP contribution in [0.25, 0.3) is 10.8 Å². The molecule has 12 nitrogen and oxygen atoms in total. The van der Waals surface area contributed by atoms with Crippen LogP contribution in [0.2, 0.25) is 0 Å². The minimum absolute atomic E-state index is 0.376. The van der Waals surface area contributed by atoms with Gasteiger partial charge in [-0.2, -0.15) is 0 Å². The molecule has 216 valence electrons. The Balaban J connectivity index is 1.67. The third kappa shape index (κ3) is 5.61. The molecule has 12 heteroatoms. The van der Waals surface area contributed by atoms with Crippen LogP contribution in [0.4, 0.5) is 0 Å². The second-order valence-electron chi connectivity index (χ2n) is 9.43. The second-order valence-corrected chi connectivity index (χ2v) is 9.43. The molecule has 4 rings (SSSR count). The van der Waals surface area contributed by atoms with Crippen molar-refractivity contribution >= 4 is 10.8 Å². The maximum Gasteiger partial charge on any atom is 0.147 e. The fourth-order valence-electron chi connectivity index (χ4n) is 4.73. The Labute approximate surface area is 229 Å². The van der Waals surface area contributed by atoms with Gasteiger partial charge in [0.15, 0.2) is 0 Å². The zero-order valence-electron chi connectivity index (χ0n) is 21.7. The van der Waals surface area contributed by atoms with Crippen LogP contribution in [0.5, 0.6) is 11.5 Å². The van der Waals surface area contributed by atoms with Crippen molar-refractivity contribution in [3.8, 4) is 35.2 Å². The number of methoxy groups -OCH3 is 2. The van der Waals surface area contributed by atoms with Crippen molar-refractivity contribution in [2.24, 2.45) is 0 Å². The number of aliphatic hydroxyl groups is 8. The molecule has 0 bridgehead atoms. The molecule has 8 N–H and O–H groups in total. The van der Waals surface area contributed by atoms with Gasteiger partial charge in [0.05, 0.1) is 38.6 Å². The Morgan fingerprint density at radius 1 is 0.600 bits per heavy atom. The molecule has 2 aromatic rings. The number of hydrogen-bond donors (Lipinski definition) is 8. The van der Waals surface area contributed by atoms with E-state index in [9.17, 15) is 40.9 Å². The molecule has 2 aliphatic rings. The fraction of sp³-hybridized carbons (Fsp3) is 0.500. The zero-order valence-corrected chi connectivity index (χ0v) is 21.7. The number of fused-ring (bicyclic) bond motifs is 1. The molecule has 0 radical (unpaired) electrons. The zero-order chi connectivity index (χ0) is 29.1. The van der Waals surface area contributed by atoms with Crippen molar-refractivity contribution in [3.63, 3.8) is 0 Å². The smallest absolute Gasteiger partial charge is 0.147 e. The molecule has 0 saturated carbocycles. The molecule has 40 heavy (non-hydrogen) atoms. The van der Waals surface area contributed by atoms with Crippen molar-refractivity contribution in [1.29, 1.82) is 0 Å². The maximum absolute atomic E-state index is 10.3. The van der Waals surface area contributed by atoms with E-state index in [0.717, 1.165) is 0 Å². The van der Waals surface area contributed by atoms with Crippen LogP contribution in [0.1, 0.15) is 11.1 Å². The lowest BCUT2D eigenvalue weighted by atomic mass is 9.95. The number of aliphatic hydroxyl groups excluding tert-OH is 8. The van der Waals surface area contributed by atoms with Crippen LogP contribution in [-0.4, -0.2) is 129 Å². The van der Waals surface area contributed by atoms with Gasteiger partial charge in [0, 0.05) is 10.8 Å². The lowest BCUT2D eigenvalue weighted by molar-refractivity contribution is -0.214. The molecular weight excluding hydrogens is 528 g/mol. The maximum atomic E-state index is 10.3. The van der Waals surface area contributed by atoms with Crippen molar-refractivity contribution < 1.29 is 59.8 Å². The quantitative estimate of drug-likeness (QED) is 0.180. The first-order chi connectivity index (χ1) is 19.2. The molecule has 2 saturated heterocycles. The summed E-state index contributed by atoms with van der Waals surface area (Å²) < 4.78 is 22.1. The topological polar surface area (TPSA) is 199 Å². The summed E-state index contributed by atoms with van der Waals surface area (Å²) in [5, 5.41) is 80.5. The van der Waals surface area contributed by atoms with Gasteiger partial charge in [-0.25, -0.2) is 0 Å². The monoisotopic (exact) mass is 560 g/mol. The largest absolute Gasteiger partial charge is 0.495 e. The van der Waals surface area contributed by atoms with E-state index in [1.807, 2.05) is 0 Å². The van der Waals surface area contributed by atoms with Gasteiger partial charge < -0.3 is 59.8 Å². The summed E-state index contributed by atoms with van der Waals surface area (Å²) in [5.74, 6) is 11.9. The fourth-order valence-corrected chi connectivity index (χ4v) is 4.73. The summed E-state index contributed by atoms with van der Waals surface area (Å²) in [7, 11) is 2.90. The van der Waals surface area contributed by atoms with Gasteiger partial charge in [-0.1, -0.05) is 23.7 Å². The predicted molar refractivity (Wildman–Crippen MR) is 138 cm³/mol. The summed E-state index contributed by atoms with van der Waals surface area (Å²) in [5.41, 5.74) is 0.850. The predicted octanol–water partition coefficient (Wildman–Crippen LogP) is -2.76. The van der Waals surface area contributed by atoms with Gasteiger partial charge in [-0.15, -0.1) is 0 Å². The first-order valence-corrected chi connectivity index (χ1v) is 12.5. The van der Waals surface area contributed by atoms with E-state index in [0.29, 0.717) is 33.4 Å². The Morgan fingerprint density at radius 2 is 0.975 bits per heavy atom. The summed E-state index contributed by atoms with van der Waals surface area (Å²) in [6.07, 6.45) is -13.6. The SMILES string of the molecule is COc1c(C#CC2OC(CO)C(O)C(O)C2O)ccc2c(OC)c(C#CC3OC(CO)C(O)C(O)C3O)ccc12. The van der Waals surface area contributed by atoms with Crippen LogP contribution in [-0.2, 0) is 9.47 Å². The number of hydrogen-bond acceptors (Lipinski definition) is 12. The Morgan fingerprint density at radius 3 is 1.30 bits per heavy atom. The molecule has 10 atom stereocenters. The highest BCUT2D eigenvalue weighted by molar-refractivity contribution is 5.96. The third-order valence-corrected chi connectivity index (χ3v) is 6.99. The van der Waals surface area contributed by atoms with E-state index >= 15 is 0 Å². The lowest BCUT2D eigenvalue weighted by Gasteiger charge is -2.37. The standard InChI is InChI=1S/C28H32O12/c1-37-27-13(5-9-17-21(31)25(35)23(33)19(11-29)39-17)3-8-16-15(27)7-4-14(28(16)38-2)6-10-18-22(32)26(36)24(34)20(12-30)40-18/h3-4,7-8,17-26,29-36H,11-12H2,1-2H3. The van der Waals surface area contributed by atoms with Crippen molar-refractivity contribution in [3.05, 3.63) is 35.4 Å². The van der Waals surface area contributed by atoms with E-state index in [1.54, 1.807) is 24.3 Å². The van der Waals surface area contributed by atoms with E-state index in [-0.39, 0.29) is 0 Å². The van der Waals surface area contributed by atoms with Crippen molar-refractivity contribution in [2.75, 3.05) is 27.4 Å². The Hall–Kier alpha value is -2.98. The molecule has 0 spiro atoms. The molecule has 2 aliphatic heterocycles. The lowest BCUT2D eigenvalue weighted by Crippen LogP contribution is -2.58. The molecule has 0 aliphatic carbocycles. The van der Waals surface area contributed by atoms with Crippen LogP contribution in [0.15, 0.2) is 24.3 Å². The molecule has 2 heterocycles. The van der Waals surface area contributed by atoms with Gasteiger partial charge in [0.1, 0.15) is 72.5 Å². The van der Waals surface area contributed by atoms with Crippen LogP contribution in [0, 0.1) is 23.7 Å². The third-order valence-electron chi connectivity index (χ3n) is 6.99. The molecule has 0 amide bonds. The Kier molecular flexibility index (Phi) is 9.51. The average molecular weight is 561 g/mol. The first kappa shape index (κ1) is 30.0. The van der Waals surface area contributed by atoms with E-state index in [2.05, 4.69) is 23.7 Å². The molecule has 10 unspecified atom stereocenters. The number of ether oxygens (including phenoxy) is 4. The van der Waals surface area contributed by atoms with Gasteiger partial charge in [0.25, 0.3) is 0 Å². The van der Waals surface area contributed by atoms with Crippen LogP contribution < -0.4 is 9.47 Å². The summed E-state index contributed by atoms with van der Waals surface area (Å²) in [6, 6.07) is 6.73. The number of benzene rings is 2. The summed E-state index contributed by atoms with van der Waals surface area (Å²) >= 11 is 0. The minimum Gasteiger partial charge on any atom is -0.495 e. The van der Waals surface area contributed by atoms with Crippen LogP contribution in [0.3, 0.4) is 0 Å². The molecular formula is C28H32O12. The molecule has 0 aromatic heterocycles. The first-order valence-electron chi connectivity index (χ1n) is 12.5. The van der Waals surface area contributed by atoms with Gasteiger partial charge in [-0.05, 0) is 24.3 Å². The van der Waals surface area contributed by atoms with Crippen molar-refractivity contribution in [2.45, 2.75) is 61.0 Å². The number of rotatable bonds is 4. The van der Waals surface area contributed by atoms with Gasteiger partial charge in [-0.3, -0.25) is 0 Å². The normalized spacial score (nSPS) is 33.9. The highest BCUT2D eigenvalue weighted by Crippen LogP contribution is 2.37. The van der Waals surface area contributed by atoms with Crippen molar-refractivity contribution in [1.82, 2.24) is 0 Å².